The van der Waals surface area contributed by atoms with Crippen LogP contribution in [0, 0.1) is 5.92 Å². The molecule has 0 radical (unpaired) electrons. The number of nitrogens with zero attached hydrogens (tertiary/aromatic N) is 2. The van der Waals surface area contributed by atoms with Crippen LogP contribution in [0.1, 0.15) is 36.7 Å². The third-order valence-corrected chi connectivity index (χ3v) is 5.38. The van der Waals surface area contributed by atoms with E-state index in [1.54, 1.807) is 34.9 Å². The van der Waals surface area contributed by atoms with Gasteiger partial charge < -0.3 is 9.84 Å². The Hall–Kier alpha value is -3.12. The first-order valence-corrected chi connectivity index (χ1v) is 10.6. The number of aryl methyl sites for hydroxylation is 1. The Morgan fingerprint density at radius 2 is 1.84 bits per heavy atom. The first kappa shape index (κ1) is 22.6. The van der Waals surface area contributed by atoms with Gasteiger partial charge in [0.2, 0.25) is 5.88 Å². The first-order chi connectivity index (χ1) is 15.0. The minimum Gasteiger partial charge on any atom is -0.481 e. The fourth-order valence-electron chi connectivity index (χ4n) is 3.27. The second-order valence-electron chi connectivity index (χ2n) is 7.30. The number of aromatic nitrogens is 2. The van der Waals surface area contributed by atoms with E-state index in [1.165, 1.54) is 6.20 Å². The molecule has 0 saturated heterocycles. The monoisotopic (exact) mass is 440 g/mol. The number of halogens is 1. The molecule has 162 valence electrons. The summed E-state index contributed by atoms with van der Waals surface area (Å²) in [6, 6.07) is 16.4. The van der Waals surface area contributed by atoms with Gasteiger partial charge in [-0.25, -0.2) is 4.98 Å². The molecule has 0 aliphatic rings. The van der Waals surface area contributed by atoms with Crippen LogP contribution in [0.2, 0.25) is 5.02 Å². The van der Waals surface area contributed by atoms with E-state index in [-0.39, 0.29) is 12.3 Å². The number of carbonyl (C=O) groups excluding carboxylic acids is 1. The summed E-state index contributed by atoms with van der Waals surface area (Å²) in [5, 5.41) is 10.2. The summed E-state index contributed by atoms with van der Waals surface area (Å²) < 4.78 is 7.34. The topological polar surface area (TPSA) is 81.4 Å². The Balaban J connectivity index is 1.85. The number of imidazole rings is 1. The zero-order valence-electron chi connectivity index (χ0n) is 17.3. The van der Waals surface area contributed by atoms with Gasteiger partial charge in [0.25, 0.3) is 0 Å². The van der Waals surface area contributed by atoms with Crippen molar-refractivity contribution in [2.75, 3.05) is 0 Å². The molecule has 0 bridgehead atoms. The molecule has 31 heavy (non-hydrogen) atoms. The van der Waals surface area contributed by atoms with Gasteiger partial charge in [0.1, 0.15) is 5.82 Å². The van der Waals surface area contributed by atoms with E-state index in [0.29, 0.717) is 18.0 Å². The highest BCUT2D eigenvalue weighted by Gasteiger charge is 2.30. The molecular weight excluding hydrogens is 416 g/mol. The van der Waals surface area contributed by atoms with E-state index >= 15 is 0 Å². The predicted octanol–water partition coefficient (Wildman–Crippen LogP) is 4.78. The molecule has 1 aromatic heterocycles. The first-order valence-electron chi connectivity index (χ1n) is 10.3. The summed E-state index contributed by atoms with van der Waals surface area (Å²) in [6.45, 7) is 2.46. The molecule has 2 aromatic carbocycles. The Morgan fingerprint density at radius 1 is 1.13 bits per heavy atom. The lowest BCUT2D eigenvalue weighted by Crippen LogP contribution is -2.30. The summed E-state index contributed by atoms with van der Waals surface area (Å²) in [5.74, 6) is -2.38. The maximum Gasteiger partial charge on any atom is 0.327 e. The molecule has 1 N–H and O–H groups in total. The second kappa shape index (κ2) is 10.8. The van der Waals surface area contributed by atoms with Crippen LogP contribution >= 0.6 is 11.6 Å². The van der Waals surface area contributed by atoms with Crippen molar-refractivity contribution in [1.29, 1.82) is 0 Å². The Kier molecular flexibility index (Phi) is 7.84. The zero-order chi connectivity index (χ0) is 22.2. The molecule has 3 rings (SSSR count). The summed E-state index contributed by atoms with van der Waals surface area (Å²) in [7, 11) is 0. The molecule has 0 amide bonds. The van der Waals surface area contributed by atoms with Crippen LogP contribution in [0.15, 0.2) is 60.8 Å². The van der Waals surface area contributed by atoms with Gasteiger partial charge in [0.05, 0.1) is 12.7 Å². The van der Waals surface area contributed by atoms with E-state index in [1.807, 2.05) is 24.3 Å². The highest BCUT2D eigenvalue weighted by Crippen LogP contribution is 2.24. The van der Waals surface area contributed by atoms with Gasteiger partial charge in [-0.15, -0.1) is 0 Å². The standard InChI is InChI=1S/C24H25ClN2O4/c1-2-3-13-21-26-15-22(27(21)16-18-11-7-8-12-20(18)25)31-24(30)19(23(28)29)14-17-9-5-4-6-10-17/h4-12,15,19H,2-3,13-14,16H2,1H3,(H,28,29). The van der Waals surface area contributed by atoms with Crippen molar-refractivity contribution >= 4 is 23.5 Å². The van der Waals surface area contributed by atoms with Crippen molar-refractivity contribution in [2.45, 2.75) is 39.2 Å². The highest BCUT2D eigenvalue weighted by atomic mass is 35.5. The number of carboxylic acid groups (broad SMARTS) is 1. The molecule has 7 heteroatoms. The summed E-state index contributed by atoms with van der Waals surface area (Å²) in [4.78, 5) is 29.0. The second-order valence-corrected chi connectivity index (χ2v) is 7.70. The number of carbonyl (C=O) groups is 2. The number of ether oxygens (including phenoxy) is 1. The van der Waals surface area contributed by atoms with Gasteiger partial charge in [-0.2, -0.15) is 0 Å². The zero-order valence-corrected chi connectivity index (χ0v) is 18.1. The lowest BCUT2D eigenvalue weighted by molar-refractivity contribution is -0.153. The van der Waals surface area contributed by atoms with Crippen LogP contribution in [-0.4, -0.2) is 26.6 Å². The number of hydrogen-bond donors (Lipinski definition) is 1. The Morgan fingerprint density at radius 3 is 2.52 bits per heavy atom. The van der Waals surface area contributed by atoms with E-state index < -0.39 is 17.9 Å². The number of carboxylic acids is 1. The molecule has 0 aliphatic heterocycles. The maximum atomic E-state index is 12.8. The van der Waals surface area contributed by atoms with Crippen LogP contribution in [0.4, 0.5) is 0 Å². The van der Waals surface area contributed by atoms with Crippen LogP contribution in [0.5, 0.6) is 5.88 Å². The Bertz CT molecular complexity index is 1030. The van der Waals surface area contributed by atoms with E-state index in [4.69, 9.17) is 16.3 Å². The normalized spacial score (nSPS) is 11.8. The quantitative estimate of drug-likeness (QED) is 0.362. The van der Waals surface area contributed by atoms with Crippen molar-refractivity contribution in [2.24, 2.45) is 5.92 Å². The highest BCUT2D eigenvalue weighted by molar-refractivity contribution is 6.31. The van der Waals surface area contributed by atoms with Crippen LogP contribution in [0.25, 0.3) is 0 Å². The number of esters is 1. The average Bonchev–Trinajstić information content (AvgIpc) is 3.13. The lowest BCUT2D eigenvalue weighted by Gasteiger charge is -2.15. The number of hydrogen-bond acceptors (Lipinski definition) is 4. The molecular formula is C24H25ClN2O4. The number of unbranched alkanes of at least 4 members (excludes halogenated alkanes) is 1. The third kappa shape index (κ3) is 5.95. The van der Waals surface area contributed by atoms with E-state index in [2.05, 4.69) is 11.9 Å². The smallest absolute Gasteiger partial charge is 0.327 e. The van der Waals surface area contributed by atoms with Gasteiger partial charge in [-0.1, -0.05) is 73.5 Å². The van der Waals surface area contributed by atoms with Crippen LogP contribution < -0.4 is 4.74 Å². The number of aliphatic carboxylic acids is 1. The molecule has 1 unspecified atom stereocenters. The molecule has 1 atom stereocenters. The van der Waals surface area contributed by atoms with Gasteiger partial charge in [-0.3, -0.25) is 14.2 Å². The van der Waals surface area contributed by atoms with Crippen LogP contribution in [-0.2, 0) is 29.0 Å². The van der Waals surface area contributed by atoms with Crippen molar-refractivity contribution in [3.63, 3.8) is 0 Å². The summed E-state index contributed by atoms with van der Waals surface area (Å²) in [5.41, 5.74) is 1.61. The molecule has 0 aliphatic carbocycles. The lowest BCUT2D eigenvalue weighted by atomic mass is 10.00. The van der Waals surface area contributed by atoms with E-state index in [9.17, 15) is 14.7 Å². The molecule has 1 heterocycles. The fraction of sp³-hybridized carbons (Fsp3) is 0.292. The van der Waals surface area contributed by atoms with Crippen molar-refractivity contribution in [3.05, 3.63) is 82.8 Å². The predicted molar refractivity (Wildman–Crippen MR) is 118 cm³/mol. The third-order valence-electron chi connectivity index (χ3n) is 5.01. The fourth-order valence-corrected chi connectivity index (χ4v) is 3.47. The summed E-state index contributed by atoms with van der Waals surface area (Å²) >= 11 is 6.32. The Labute approximate surface area is 186 Å². The largest absolute Gasteiger partial charge is 0.481 e. The van der Waals surface area contributed by atoms with Crippen molar-refractivity contribution < 1.29 is 19.4 Å². The average molecular weight is 441 g/mol. The molecule has 6 nitrogen and oxygen atoms in total. The minimum absolute atomic E-state index is 0.0519. The number of rotatable bonds is 10. The number of benzene rings is 2. The maximum absolute atomic E-state index is 12.8. The molecule has 0 spiro atoms. The van der Waals surface area contributed by atoms with Gasteiger partial charge in [0, 0.05) is 11.4 Å². The van der Waals surface area contributed by atoms with E-state index in [0.717, 1.165) is 29.8 Å². The van der Waals surface area contributed by atoms with Gasteiger partial charge >= 0.3 is 11.9 Å². The van der Waals surface area contributed by atoms with Gasteiger partial charge in [0.15, 0.2) is 5.92 Å². The molecule has 3 aromatic rings. The SMILES string of the molecule is CCCCc1ncc(OC(=O)C(Cc2ccccc2)C(=O)O)n1Cc1ccccc1Cl. The molecule has 0 saturated carbocycles. The minimum atomic E-state index is -1.31. The van der Waals surface area contributed by atoms with Crippen molar-refractivity contribution in [1.82, 2.24) is 9.55 Å². The molecule has 0 fully saturated rings. The van der Waals surface area contributed by atoms with Crippen molar-refractivity contribution in [3.8, 4) is 5.88 Å². The van der Waals surface area contributed by atoms with Crippen LogP contribution in [0.3, 0.4) is 0 Å². The van der Waals surface area contributed by atoms with Gasteiger partial charge in [-0.05, 0) is 30.0 Å². The summed E-state index contributed by atoms with van der Waals surface area (Å²) in [6.07, 6.45) is 4.16.